The van der Waals surface area contributed by atoms with Gasteiger partial charge in [0, 0.05) is 6.42 Å². The number of carbonyl (C=O) groups excluding carboxylic acids is 3. The van der Waals surface area contributed by atoms with Gasteiger partial charge in [-0.05, 0) is 61.6 Å². The number of ether oxygens (including phenoxy) is 1. The zero-order valence-corrected chi connectivity index (χ0v) is 25.3. The molecular weight excluding hydrogens is 552 g/mol. The number of allylic oxidation sites excluding steroid dienone is 2. The summed E-state index contributed by atoms with van der Waals surface area (Å²) in [5, 5.41) is 15.9. The first-order valence-electron chi connectivity index (χ1n) is 15.6. The number of hydrogen-bond acceptors (Lipinski definition) is 5. The highest BCUT2D eigenvalue weighted by Crippen LogP contribution is 2.20. The highest BCUT2D eigenvalue weighted by atomic mass is 16.5. The predicted molar refractivity (Wildman–Crippen MR) is 172 cm³/mol. The molecule has 1 aliphatic heterocycles. The van der Waals surface area contributed by atoms with Crippen molar-refractivity contribution in [2.75, 3.05) is 13.2 Å². The van der Waals surface area contributed by atoms with E-state index in [0.717, 1.165) is 29.5 Å². The van der Waals surface area contributed by atoms with Crippen molar-refractivity contribution in [2.45, 2.75) is 63.5 Å². The summed E-state index contributed by atoms with van der Waals surface area (Å²) < 4.78 is 5.87. The van der Waals surface area contributed by atoms with Gasteiger partial charge >= 0.3 is 5.97 Å². The normalized spacial score (nSPS) is 20.5. The molecule has 232 valence electrons. The van der Waals surface area contributed by atoms with Crippen LogP contribution in [0.4, 0.5) is 0 Å². The number of amides is 2. The second-order valence-corrected chi connectivity index (χ2v) is 11.6. The monoisotopic (exact) mass is 596 g/mol. The molecule has 2 amide bonds. The van der Waals surface area contributed by atoms with E-state index in [1.54, 1.807) is 0 Å². The Bertz CT molecular complexity index is 1330. The first-order valence-corrected chi connectivity index (χ1v) is 15.6. The van der Waals surface area contributed by atoms with Crippen LogP contribution in [0.2, 0.25) is 0 Å². The second kappa shape index (κ2) is 17.8. The fraction of sp³-hybridized carbons (Fsp3) is 0.378. The first-order chi connectivity index (χ1) is 21.5. The number of hydrogen-bond donors (Lipinski definition) is 3. The van der Waals surface area contributed by atoms with E-state index in [1.807, 2.05) is 103 Å². The molecule has 0 spiro atoms. The first kappa shape index (κ1) is 32.7. The maximum absolute atomic E-state index is 13.6. The van der Waals surface area contributed by atoms with Gasteiger partial charge in [-0.1, -0.05) is 103 Å². The third-order valence-electron chi connectivity index (χ3n) is 7.98. The van der Waals surface area contributed by atoms with Crippen LogP contribution in [0.3, 0.4) is 0 Å². The summed E-state index contributed by atoms with van der Waals surface area (Å²) in [6.07, 6.45) is 8.25. The number of esters is 1. The van der Waals surface area contributed by atoms with Crippen molar-refractivity contribution in [1.29, 1.82) is 0 Å². The summed E-state index contributed by atoms with van der Waals surface area (Å²) in [6.45, 7) is -0.156. The van der Waals surface area contributed by atoms with Crippen molar-refractivity contribution in [3.8, 4) is 0 Å². The summed E-state index contributed by atoms with van der Waals surface area (Å²) in [6, 6.07) is 28.5. The molecule has 1 aliphatic rings. The molecule has 3 aromatic rings. The molecule has 4 atom stereocenters. The summed E-state index contributed by atoms with van der Waals surface area (Å²) >= 11 is 0. The molecular formula is C37H44N2O5. The van der Waals surface area contributed by atoms with Gasteiger partial charge in [0.2, 0.25) is 11.8 Å². The predicted octanol–water partition coefficient (Wildman–Crippen LogP) is 4.97. The molecule has 0 unspecified atom stereocenters. The van der Waals surface area contributed by atoms with Crippen molar-refractivity contribution in [1.82, 2.24) is 10.6 Å². The molecule has 1 heterocycles. The molecule has 7 heteroatoms. The molecule has 0 aliphatic carbocycles. The minimum Gasteiger partial charge on any atom is -0.463 e. The lowest BCUT2D eigenvalue weighted by atomic mass is 9.93. The Morgan fingerprint density at radius 3 is 2.09 bits per heavy atom. The zero-order valence-electron chi connectivity index (χ0n) is 25.3. The average Bonchev–Trinajstić information content (AvgIpc) is 3.04. The Labute approximate surface area is 260 Å². The maximum atomic E-state index is 13.6. The number of aliphatic hydroxyl groups excluding tert-OH is 1. The smallest absolute Gasteiger partial charge is 0.309 e. The Morgan fingerprint density at radius 2 is 1.45 bits per heavy atom. The fourth-order valence-electron chi connectivity index (χ4n) is 5.59. The SMILES string of the molecule is O=C(C[C@H]1CC=CCCC[C@H](Cc2ccccc2)C(=O)OC[C@H](Cc2ccccc2)NC1=O)N[C@@H](CO)Cc1ccccc1. The molecule has 3 aromatic carbocycles. The van der Waals surface area contributed by atoms with Crippen LogP contribution in [-0.2, 0) is 38.4 Å². The van der Waals surface area contributed by atoms with Crippen LogP contribution in [0, 0.1) is 11.8 Å². The summed E-state index contributed by atoms with van der Waals surface area (Å²) in [5.41, 5.74) is 3.11. The van der Waals surface area contributed by atoms with Crippen molar-refractivity contribution in [3.63, 3.8) is 0 Å². The molecule has 3 N–H and O–H groups in total. The number of benzene rings is 3. The number of nitrogens with one attached hydrogen (secondary N) is 2. The van der Waals surface area contributed by atoms with Crippen LogP contribution in [0.1, 0.15) is 48.8 Å². The quantitative estimate of drug-likeness (QED) is 0.226. The molecule has 0 aromatic heterocycles. The third kappa shape index (κ3) is 11.1. The number of cyclic esters (lactones) is 1. The molecule has 0 saturated carbocycles. The van der Waals surface area contributed by atoms with E-state index in [1.165, 1.54) is 0 Å². The molecule has 0 radical (unpaired) electrons. The van der Waals surface area contributed by atoms with E-state index < -0.39 is 18.0 Å². The number of aliphatic hydroxyl groups is 1. The van der Waals surface area contributed by atoms with Gasteiger partial charge < -0.3 is 20.5 Å². The maximum Gasteiger partial charge on any atom is 0.309 e. The van der Waals surface area contributed by atoms with Gasteiger partial charge in [0.1, 0.15) is 6.61 Å². The summed E-state index contributed by atoms with van der Waals surface area (Å²) in [7, 11) is 0. The van der Waals surface area contributed by atoms with Gasteiger partial charge in [-0.15, -0.1) is 0 Å². The van der Waals surface area contributed by atoms with Crippen molar-refractivity contribution >= 4 is 17.8 Å². The third-order valence-corrected chi connectivity index (χ3v) is 7.98. The lowest BCUT2D eigenvalue weighted by Gasteiger charge is -2.24. The average molecular weight is 597 g/mol. The number of rotatable bonds is 10. The van der Waals surface area contributed by atoms with E-state index >= 15 is 0 Å². The summed E-state index contributed by atoms with van der Waals surface area (Å²) in [5.74, 6) is -1.68. The van der Waals surface area contributed by atoms with Crippen LogP contribution in [0.25, 0.3) is 0 Å². The topological polar surface area (TPSA) is 105 Å². The zero-order chi connectivity index (χ0) is 31.0. The van der Waals surface area contributed by atoms with Crippen LogP contribution in [-0.4, -0.2) is 48.2 Å². The molecule has 0 bridgehead atoms. The summed E-state index contributed by atoms with van der Waals surface area (Å²) in [4.78, 5) is 40.1. The van der Waals surface area contributed by atoms with Gasteiger partial charge in [0.25, 0.3) is 0 Å². The van der Waals surface area contributed by atoms with E-state index in [4.69, 9.17) is 4.74 Å². The highest BCUT2D eigenvalue weighted by Gasteiger charge is 2.27. The number of carbonyl (C=O) groups is 3. The van der Waals surface area contributed by atoms with Crippen molar-refractivity contribution in [3.05, 3.63) is 120 Å². The van der Waals surface area contributed by atoms with E-state index in [2.05, 4.69) is 10.6 Å². The highest BCUT2D eigenvalue weighted by molar-refractivity contribution is 5.86. The fourth-order valence-corrected chi connectivity index (χ4v) is 5.59. The molecule has 0 saturated heterocycles. The Morgan fingerprint density at radius 1 is 0.841 bits per heavy atom. The largest absolute Gasteiger partial charge is 0.463 e. The van der Waals surface area contributed by atoms with Gasteiger partial charge in [-0.2, -0.15) is 0 Å². The molecule has 44 heavy (non-hydrogen) atoms. The Balaban J connectivity index is 1.46. The van der Waals surface area contributed by atoms with Crippen molar-refractivity contribution in [2.24, 2.45) is 11.8 Å². The molecule has 7 nitrogen and oxygen atoms in total. The van der Waals surface area contributed by atoms with Gasteiger partial charge in [0.15, 0.2) is 0 Å². The van der Waals surface area contributed by atoms with Crippen LogP contribution < -0.4 is 10.6 Å². The van der Waals surface area contributed by atoms with Crippen LogP contribution in [0.5, 0.6) is 0 Å². The Kier molecular flexibility index (Phi) is 13.2. The second-order valence-electron chi connectivity index (χ2n) is 11.6. The lowest BCUT2D eigenvalue weighted by molar-refractivity contribution is -0.150. The lowest BCUT2D eigenvalue weighted by Crippen LogP contribution is -2.45. The van der Waals surface area contributed by atoms with E-state index in [0.29, 0.717) is 32.1 Å². The van der Waals surface area contributed by atoms with E-state index in [9.17, 15) is 19.5 Å². The van der Waals surface area contributed by atoms with Gasteiger partial charge in [-0.25, -0.2) is 0 Å². The van der Waals surface area contributed by atoms with Gasteiger partial charge in [-0.3, -0.25) is 14.4 Å². The molecule has 0 fully saturated rings. The van der Waals surface area contributed by atoms with Crippen molar-refractivity contribution < 1.29 is 24.2 Å². The standard InChI is InChI=1S/C37H44N2O5/c40-26-33(23-29-16-8-4-9-17-29)38-35(41)25-31-20-12-1-2-13-21-32(22-28-14-6-3-7-15-28)37(43)44-27-34(39-36(31)42)24-30-18-10-5-11-19-30/h1,3-12,14-19,31-34,40H,2,13,20-27H2,(H,38,41)(H,39,42)/t31-,32-,33-,34+/m1/s1. The minimum atomic E-state index is -0.606. The molecule has 4 rings (SSSR count). The van der Waals surface area contributed by atoms with Crippen LogP contribution in [0.15, 0.2) is 103 Å². The van der Waals surface area contributed by atoms with Gasteiger partial charge in [0.05, 0.1) is 30.5 Å². The Hall–Kier alpha value is -4.23. The van der Waals surface area contributed by atoms with E-state index in [-0.39, 0.29) is 43.3 Å². The van der Waals surface area contributed by atoms with Crippen LogP contribution >= 0.6 is 0 Å². The minimum absolute atomic E-state index is 0.0154.